The number of methoxy groups -OCH3 is 1. The number of rotatable bonds is 5. The summed E-state index contributed by atoms with van der Waals surface area (Å²) in [6, 6.07) is 6.31. The molecule has 1 saturated heterocycles. The number of aryl methyl sites for hydroxylation is 1. The van der Waals surface area contributed by atoms with E-state index in [1.54, 1.807) is 7.11 Å². The normalized spacial score (nSPS) is 21.0. The lowest BCUT2D eigenvalue weighted by atomic mass is 10.0. The highest BCUT2D eigenvalue weighted by Gasteiger charge is 2.27. The quantitative estimate of drug-likeness (QED) is 0.902. The molecule has 1 aliphatic heterocycles. The van der Waals surface area contributed by atoms with E-state index < -0.39 is 5.97 Å². The van der Waals surface area contributed by atoms with Crippen molar-refractivity contribution in [1.82, 2.24) is 4.90 Å². The van der Waals surface area contributed by atoms with Crippen molar-refractivity contribution in [1.29, 1.82) is 0 Å². The summed E-state index contributed by atoms with van der Waals surface area (Å²) in [6.45, 7) is 6.18. The Morgan fingerprint density at radius 2 is 2.33 bits per heavy atom. The molecule has 21 heavy (non-hydrogen) atoms. The first-order chi connectivity index (χ1) is 10.0. The maximum atomic E-state index is 10.8. The summed E-state index contributed by atoms with van der Waals surface area (Å²) in [5.74, 6) is 0.0528. The maximum absolute atomic E-state index is 10.8. The van der Waals surface area contributed by atoms with Crippen LogP contribution in [-0.4, -0.2) is 48.9 Å². The second-order valence-electron chi connectivity index (χ2n) is 5.51. The number of carboxylic acid groups (broad SMARTS) is 1. The van der Waals surface area contributed by atoms with Crippen molar-refractivity contribution in [2.45, 2.75) is 32.4 Å². The molecular formula is C16H23NO4. The average Bonchev–Trinajstić information content (AvgIpc) is 2.46. The van der Waals surface area contributed by atoms with Crippen molar-refractivity contribution in [2.24, 2.45) is 0 Å². The van der Waals surface area contributed by atoms with Gasteiger partial charge >= 0.3 is 5.97 Å². The molecule has 1 N–H and O–H groups in total. The van der Waals surface area contributed by atoms with Crippen LogP contribution in [0, 0.1) is 6.92 Å². The Kier molecular flexibility index (Phi) is 5.20. The number of morpholine rings is 1. The fraction of sp³-hybridized carbons (Fsp3) is 0.562. The highest BCUT2D eigenvalue weighted by Crippen LogP contribution is 2.31. The van der Waals surface area contributed by atoms with E-state index in [1.165, 1.54) is 5.56 Å². The van der Waals surface area contributed by atoms with Crippen LogP contribution in [0.15, 0.2) is 18.2 Å². The second kappa shape index (κ2) is 6.91. The summed E-state index contributed by atoms with van der Waals surface area (Å²) in [5.41, 5.74) is 2.32. The molecule has 116 valence electrons. The number of hydrogen-bond donors (Lipinski definition) is 1. The molecule has 1 aromatic rings. The van der Waals surface area contributed by atoms with Crippen LogP contribution in [0.3, 0.4) is 0 Å². The van der Waals surface area contributed by atoms with Gasteiger partial charge in [-0.15, -0.1) is 0 Å². The number of aliphatic carboxylic acids is 1. The second-order valence-corrected chi connectivity index (χ2v) is 5.51. The van der Waals surface area contributed by atoms with Gasteiger partial charge in [-0.25, -0.2) is 0 Å². The Morgan fingerprint density at radius 1 is 1.57 bits per heavy atom. The van der Waals surface area contributed by atoms with E-state index in [0.29, 0.717) is 13.2 Å². The summed E-state index contributed by atoms with van der Waals surface area (Å²) in [5, 5.41) is 8.91. The van der Waals surface area contributed by atoms with Gasteiger partial charge in [-0.05, 0) is 19.9 Å². The van der Waals surface area contributed by atoms with Gasteiger partial charge in [0.1, 0.15) is 5.75 Å². The molecular weight excluding hydrogens is 270 g/mol. The lowest BCUT2D eigenvalue weighted by molar-refractivity contribution is -0.142. The zero-order valence-electron chi connectivity index (χ0n) is 12.8. The molecule has 2 atom stereocenters. The average molecular weight is 293 g/mol. The van der Waals surface area contributed by atoms with Crippen LogP contribution in [0.2, 0.25) is 0 Å². The molecule has 0 bridgehead atoms. The van der Waals surface area contributed by atoms with E-state index in [1.807, 2.05) is 12.1 Å². The fourth-order valence-corrected chi connectivity index (χ4v) is 2.79. The Morgan fingerprint density at radius 3 is 3.00 bits per heavy atom. The minimum atomic E-state index is -0.817. The lowest BCUT2D eigenvalue weighted by Crippen LogP contribution is -2.44. The van der Waals surface area contributed by atoms with Crippen molar-refractivity contribution in [3.05, 3.63) is 29.3 Å². The molecule has 0 aliphatic carbocycles. The predicted molar refractivity (Wildman–Crippen MR) is 79.7 cm³/mol. The van der Waals surface area contributed by atoms with Gasteiger partial charge in [-0.3, -0.25) is 9.69 Å². The van der Waals surface area contributed by atoms with E-state index in [4.69, 9.17) is 14.6 Å². The van der Waals surface area contributed by atoms with E-state index in [0.717, 1.165) is 17.9 Å². The van der Waals surface area contributed by atoms with Crippen LogP contribution in [0.5, 0.6) is 5.75 Å². The smallest absolute Gasteiger partial charge is 0.306 e. The molecule has 1 aromatic carbocycles. The van der Waals surface area contributed by atoms with Gasteiger partial charge in [0.05, 0.1) is 26.2 Å². The largest absolute Gasteiger partial charge is 0.496 e. The molecule has 2 rings (SSSR count). The zero-order valence-corrected chi connectivity index (χ0v) is 12.8. The first kappa shape index (κ1) is 15.8. The van der Waals surface area contributed by atoms with Crippen LogP contribution in [0.25, 0.3) is 0 Å². The molecule has 0 amide bonds. The Labute approximate surface area is 125 Å². The molecule has 0 radical (unpaired) electrons. The molecule has 5 heteroatoms. The van der Waals surface area contributed by atoms with Crippen LogP contribution in [0.1, 0.15) is 30.5 Å². The van der Waals surface area contributed by atoms with Gasteiger partial charge in [0.25, 0.3) is 0 Å². The standard InChI is InChI=1S/C16H23NO4/c1-11-4-5-15(20-3)14(8-11)12(2)17-6-7-21-13(10-17)9-16(18)19/h4-5,8,12-13H,6-7,9-10H2,1-3H3,(H,18,19). The van der Waals surface area contributed by atoms with E-state index in [2.05, 4.69) is 24.8 Å². The molecule has 1 fully saturated rings. The maximum Gasteiger partial charge on any atom is 0.306 e. The fourth-order valence-electron chi connectivity index (χ4n) is 2.79. The molecule has 1 aliphatic rings. The van der Waals surface area contributed by atoms with Gasteiger partial charge in [-0.2, -0.15) is 0 Å². The molecule has 2 unspecified atom stereocenters. The molecule has 0 spiro atoms. The van der Waals surface area contributed by atoms with Crippen molar-refractivity contribution >= 4 is 5.97 Å². The first-order valence-corrected chi connectivity index (χ1v) is 7.23. The van der Waals surface area contributed by atoms with Crippen LogP contribution in [-0.2, 0) is 9.53 Å². The van der Waals surface area contributed by atoms with Crippen LogP contribution < -0.4 is 4.74 Å². The van der Waals surface area contributed by atoms with Crippen LogP contribution >= 0.6 is 0 Å². The summed E-state index contributed by atoms with van der Waals surface area (Å²) < 4.78 is 11.0. The van der Waals surface area contributed by atoms with Gasteiger partial charge in [0.2, 0.25) is 0 Å². The number of hydrogen-bond acceptors (Lipinski definition) is 4. The minimum Gasteiger partial charge on any atom is -0.496 e. The minimum absolute atomic E-state index is 0.0498. The summed E-state index contributed by atoms with van der Waals surface area (Å²) in [6.07, 6.45) is -0.191. The third kappa shape index (κ3) is 3.95. The third-order valence-electron chi connectivity index (χ3n) is 3.96. The molecule has 1 heterocycles. The SMILES string of the molecule is COc1ccc(C)cc1C(C)N1CCOC(CC(=O)O)C1. The third-order valence-corrected chi connectivity index (χ3v) is 3.96. The van der Waals surface area contributed by atoms with Crippen molar-refractivity contribution in [2.75, 3.05) is 26.8 Å². The van der Waals surface area contributed by atoms with Gasteiger partial charge in [0, 0.05) is 24.7 Å². The summed E-state index contributed by atoms with van der Waals surface area (Å²) in [7, 11) is 1.67. The predicted octanol–water partition coefficient (Wildman–Crippen LogP) is 2.24. The molecule has 5 nitrogen and oxygen atoms in total. The van der Waals surface area contributed by atoms with Crippen LogP contribution in [0.4, 0.5) is 0 Å². The highest BCUT2D eigenvalue weighted by molar-refractivity contribution is 5.67. The summed E-state index contributed by atoms with van der Waals surface area (Å²) >= 11 is 0. The van der Waals surface area contributed by atoms with Gasteiger partial charge in [0.15, 0.2) is 0 Å². The monoisotopic (exact) mass is 293 g/mol. The van der Waals surface area contributed by atoms with Gasteiger partial charge in [-0.1, -0.05) is 17.7 Å². The lowest BCUT2D eigenvalue weighted by Gasteiger charge is -2.37. The zero-order chi connectivity index (χ0) is 15.4. The van der Waals surface area contributed by atoms with E-state index >= 15 is 0 Å². The Balaban J connectivity index is 2.13. The molecule has 0 aromatic heterocycles. The van der Waals surface area contributed by atoms with Crippen molar-refractivity contribution < 1.29 is 19.4 Å². The highest BCUT2D eigenvalue weighted by atomic mass is 16.5. The number of ether oxygens (including phenoxy) is 2. The van der Waals surface area contributed by atoms with E-state index in [9.17, 15) is 4.79 Å². The number of carbonyl (C=O) groups is 1. The Bertz CT molecular complexity index is 503. The first-order valence-electron chi connectivity index (χ1n) is 7.23. The Hall–Kier alpha value is -1.59. The number of carboxylic acids is 1. The van der Waals surface area contributed by atoms with Gasteiger partial charge < -0.3 is 14.6 Å². The summed E-state index contributed by atoms with van der Waals surface area (Å²) in [4.78, 5) is 13.1. The topological polar surface area (TPSA) is 59.0 Å². The number of benzene rings is 1. The van der Waals surface area contributed by atoms with Crippen molar-refractivity contribution in [3.8, 4) is 5.75 Å². The van der Waals surface area contributed by atoms with E-state index in [-0.39, 0.29) is 18.6 Å². The number of nitrogens with zero attached hydrogens (tertiary/aromatic N) is 1. The molecule has 0 saturated carbocycles. The van der Waals surface area contributed by atoms with Crippen molar-refractivity contribution in [3.63, 3.8) is 0 Å².